The summed E-state index contributed by atoms with van der Waals surface area (Å²) in [4.78, 5) is 23.0. The molecule has 0 aromatic rings. The van der Waals surface area contributed by atoms with Crippen LogP contribution in [0.3, 0.4) is 0 Å². The maximum atomic E-state index is 11.5. The molecule has 0 saturated heterocycles. The van der Waals surface area contributed by atoms with E-state index in [1.165, 1.54) is 27.8 Å². The van der Waals surface area contributed by atoms with Crippen LogP contribution in [0.5, 0.6) is 0 Å². The molecule has 0 fully saturated rings. The fraction of sp³-hybridized carbons (Fsp3) is 0.778. The lowest BCUT2D eigenvalue weighted by Crippen LogP contribution is -2.43. The third-order valence-electron chi connectivity index (χ3n) is 1.57. The molecule has 0 rings (SSSR count). The van der Waals surface area contributed by atoms with E-state index in [-0.39, 0.29) is 0 Å². The average Bonchev–Trinajstić information content (AvgIpc) is 2.12. The Hall–Kier alpha value is -1.26. The number of carbonyl (C=O) groups excluding carboxylic acids is 1. The molecule has 0 spiro atoms. The molecular weight excluding hydrogens is 186 g/mol. The first-order valence-corrected chi connectivity index (χ1v) is 4.09. The molecule has 0 bridgehead atoms. The molecule has 1 atom stereocenters. The Morgan fingerprint density at radius 3 is 2.43 bits per heavy atom. The number of hydrogen-bond acceptors (Lipinski definition) is 3. The second kappa shape index (κ2) is 4.30. The van der Waals surface area contributed by atoms with Gasteiger partial charge in [0.1, 0.15) is 11.6 Å². The molecule has 0 radical (unpaired) electrons. The predicted molar refractivity (Wildman–Crippen MR) is 51.1 cm³/mol. The van der Waals surface area contributed by atoms with Crippen molar-refractivity contribution in [3.8, 4) is 0 Å². The van der Waals surface area contributed by atoms with Crippen molar-refractivity contribution in [1.29, 1.82) is 0 Å². The number of nitrogens with zero attached hydrogens (tertiary/aromatic N) is 1. The maximum absolute atomic E-state index is 11.5. The topological polar surface area (TPSA) is 66.8 Å². The maximum Gasteiger partial charge on any atom is 0.410 e. The van der Waals surface area contributed by atoms with Crippen molar-refractivity contribution < 1.29 is 23.5 Å². The van der Waals surface area contributed by atoms with Gasteiger partial charge >= 0.3 is 12.1 Å². The van der Waals surface area contributed by atoms with Crippen molar-refractivity contribution in [3.05, 3.63) is 0 Å². The van der Waals surface area contributed by atoms with E-state index < -0.39 is 30.6 Å². The average molecular weight is 206 g/mol. The van der Waals surface area contributed by atoms with Crippen molar-refractivity contribution in [3.63, 3.8) is 0 Å². The highest BCUT2D eigenvalue weighted by Gasteiger charge is 2.26. The lowest BCUT2D eigenvalue weighted by Gasteiger charge is -2.26. The molecule has 0 saturated carbocycles. The Labute approximate surface area is 87.9 Å². The molecule has 82 valence electrons. The van der Waals surface area contributed by atoms with E-state index in [0.717, 1.165) is 4.90 Å². The van der Waals surface area contributed by atoms with E-state index in [9.17, 15) is 9.59 Å². The number of carboxylic acid groups (broad SMARTS) is 1. The van der Waals surface area contributed by atoms with Gasteiger partial charge in [0.15, 0.2) is 0 Å². The largest absolute Gasteiger partial charge is 0.480 e. The number of carboxylic acids is 1. The van der Waals surface area contributed by atoms with Crippen LogP contribution >= 0.6 is 0 Å². The SMILES string of the molecule is [2H]C([2H])([2H])C(C)(C)OC(=O)N(C)[C@@H](C)C(=O)O. The van der Waals surface area contributed by atoms with Crippen molar-refractivity contribution in [2.24, 2.45) is 0 Å². The van der Waals surface area contributed by atoms with Crippen molar-refractivity contribution in [2.45, 2.75) is 39.3 Å². The first-order valence-electron chi connectivity index (χ1n) is 5.59. The number of ether oxygens (including phenoxy) is 1. The Morgan fingerprint density at radius 2 is 2.07 bits per heavy atom. The van der Waals surface area contributed by atoms with Crippen LogP contribution in [0.4, 0.5) is 4.79 Å². The lowest BCUT2D eigenvalue weighted by atomic mass is 10.2. The molecule has 14 heavy (non-hydrogen) atoms. The summed E-state index contributed by atoms with van der Waals surface area (Å²) in [6.07, 6.45) is -0.985. The number of aliphatic carboxylic acids is 1. The van der Waals surface area contributed by atoms with E-state index in [0.29, 0.717) is 0 Å². The molecule has 0 aromatic carbocycles. The fourth-order valence-corrected chi connectivity index (χ4v) is 0.614. The zero-order valence-electron chi connectivity index (χ0n) is 11.7. The second-order valence-electron chi connectivity index (χ2n) is 3.50. The van der Waals surface area contributed by atoms with Crippen molar-refractivity contribution in [2.75, 3.05) is 7.05 Å². The van der Waals surface area contributed by atoms with Gasteiger partial charge in [0.25, 0.3) is 0 Å². The Morgan fingerprint density at radius 1 is 1.57 bits per heavy atom. The van der Waals surface area contributed by atoms with Gasteiger partial charge in [-0.3, -0.25) is 4.90 Å². The molecule has 0 aromatic heterocycles. The summed E-state index contributed by atoms with van der Waals surface area (Å²) >= 11 is 0. The summed E-state index contributed by atoms with van der Waals surface area (Å²) in [5.41, 5.74) is -1.67. The molecule has 0 unspecified atom stereocenters. The third kappa shape index (κ3) is 4.11. The molecule has 0 aliphatic rings. The predicted octanol–water partition coefficient (Wildman–Crippen LogP) is 1.33. The minimum Gasteiger partial charge on any atom is -0.480 e. The van der Waals surface area contributed by atoms with Gasteiger partial charge in [-0.1, -0.05) is 0 Å². The Kier molecular flexibility index (Phi) is 2.48. The monoisotopic (exact) mass is 206 g/mol. The second-order valence-corrected chi connectivity index (χ2v) is 3.50. The zero-order chi connectivity index (χ0) is 14.0. The molecule has 5 nitrogen and oxygen atoms in total. The van der Waals surface area contributed by atoms with Gasteiger partial charge in [-0.2, -0.15) is 0 Å². The van der Waals surface area contributed by atoms with Gasteiger partial charge in [0.05, 0.1) is 0 Å². The third-order valence-corrected chi connectivity index (χ3v) is 1.57. The quantitative estimate of drug-likeness (QED) is 0.740. The van der Waals surface area contributed by atoms with Gasteiger partial charge < -0.3 is 9.84 Å². The van der Waals surface area contributed by atoms with Crippen LogP contribution < -0.4 is 0 Å². The van der Waals surface area contributed by atoms with E-state index >= 15 is 0 Å². The summed E-state index contributed by atoms with van der Waals surface area (Å²) in [5.74, 6) is -1.20. The molecule has 1 amide bonds. The van der Waals surface area contributed by atoms with Crippen LogP contribution in [-0.2, 0) is 9.53 Å². The standard InChI is InChI=1S/C9H17NO4/c1-6(7(11)12)10(5)8(13)14-9(2,3)4/h6H,1-5H3,(H,11,12)/t6-/m0/s1/i2D3. The van der Waals surface area contributed by atoms with E-state index in [1.54, 1.807) is 0 Å². The minimum absolute atomic E-state index is 0.829. The number of rotatable bonds is 2. The van der Waals surface area contributed by atoms with Crippen LogP contribution in [0.25, 0.3) is 0 Å². The van der Waals surface area contributed by atoms with Gasteiger partial charge in [-0.25, -0.2) is 9.59 Å². The summed E-state index contributed by atoms with van der Waals surface area (Å²) < 4.78 is 26.3. The highest BCUT2D eigenvalue weighted by Crippen LogP contribution is 2.10. The highest BCUT2D eigenvalue weighted by atomic mass is 16.6. The minimum atomic E-state index is -2.48. The van der Waals surface area contributed by atoms with Crippen LogP contribution in [0, 0.1) is 0 Å². The van der Waals surface area contributed by atoms with Crippen LogP contribution in [0.2, 0.25) is 0 Å². The van der Waals surface area contributed by atoms with Crippen LogP contribution in [-0.4, -0.2) is 40.8 Å². The van der Waals surface area contributed by atoms with E-state index in [1.807, 2.05) is 0 Å². The van der Waals surface area contributed by atoms with E-state index in [4.69, 9.17) is 14.0 Å². The van der Waals surface area contributed by atoms with Crippen molar-refractivity contribution >= 4 is 12.1 Å². The molecule has 0 heterocycles. The van der Waals surface area contributed by atoms with Gasteiger partial charge in [-0.15, -0.1) is 0 Å². The highest BCUT2D eigenvalue weighted by molar-refractivity contribution is 5.79. The first-order chi connectivity index (χ1) is 7.40. The van der Waals surface area contributed by atoms with Gasteiger partial charge in [0.2, 0.25) is 0 Å². The molecule has 0 aliphatic carbocycles. The fourth-order valence-electron chi connectivity index (χ4n) is 0.614. The molecular formula is C9H17NO4. The molecule has 0 aliphatic heterocycles. The van der Waals surface area contributed by atoms with Crippen molar-refractivity contribution in [1.82, 2.24) is 4.90 Å². The number of carbonyl (C=O) groups is 2. The summed E-state index contributed by atoms with van der Waals surface area (Å²) in [7, 11) is 1.23. The Balaban J connectivity index is 4.72. The summed E-state index contributed by atoms with van der Waals surface area (Å²) in [6, 6.07) is -1.09. The number of amides is 1. The van der Waals surface area contributed by atoms with Gasteiger partial charge in [-0.05, 0) is 27.6 Å². The summed E-state index contributed by atoms with van der Waals surface area (Å²) in [5, 5.41) is 8.70. The molecule has 5 heteroatoms. The number of likely N-dealkylation sites (N-methyl/N-ethyl adjacent to an activating group) is 1. The normalized spacial score (nSPS) is 17.3. The zero-order valence-corrected chi connectivity index (χ0v) is 8.70. The van der Waals surface area contributed by atoms with Gasteiger partial charge in [0, 0.05) is 11.2 Å². The smallest absolute Gasteiger partial charge is 0.410 e. The first kappa shape index (κ1) is 8.08. The summed E-state index contributed by atoms with van der Waals surface area (Å²) in [6.45, 7) is 1.32. The lowest BCUT2D eigenvalue weighted by molar-refractivity contribution is -0.141. The van der Waals surface area contributed by atoms with Crippen LogP contribution in [0.15, 0.2) is 0 Å². The van der Waals surface area contributed by atoms with Crippen LogP contribution in [0.1, 0.15) is 31.7 Å². The number of hydrogen-bond donors (Lipinski definition) is 1. The van der Waals surface area contributed by atoms with E-state index in [2.05, 4.69) is 0 Å². The molecule has 1 N–H and O–H groups in total. The Bertz CT molecular complexity index is 314.